The molecule has 2 aliphatic rings. The van der Waals surface area contributed by atoms with Gasteiger partial charge in [-0.2, -0.15) is 0 Å². The molecule has 8 nitrogen and oxygen atoms in total. The normalized spacial score (nSPS) is 18.6. The van der Waals surface area contributed by atoms with Crippen molar-refractivity contribution in [1.29, 1.82) is 0 Å². The SMILES string of the molecule is C#Cc1cc(-c2ccc3c(ccc4sc5c(c43)NC[C@@H](C)NC5=O)n2)nc(N2CCN(C)CC2)n1. The lowest BCUT2D eigenvalue weighted by Crippen LogP contribution is -2.45. The van der Waals surface area contributed by atoms with E-state index in [1.54, 1.807) is 0 Å². The number of fused-ring (bicyclic) bond motifs is 5. The number of thiophene rings is 1. The topological polar surface area (TPSA) is 86.3 Å². The average molecular weight is 484 g/mol. The van der Waals surface area contributed by atoms with Crippen molar-refractivity contribution < 1.29 is 4.79 Å². The van der Waals surface area contributed by atoms with Crippen LogP contribution in [-0.2, 0) is 0 Å². The van der Waals surface area contributed by atoms with Crippen LogP contribution < -0.4 is 15.5 Å². The summed E-state index contributed by atoms with van der Waals surface area (Å²) in [6.45, 7) is 6.30. The minimum Gasteiger partial charge on any atom is -0.381 e. The summed E-state index contributed by atoms with van der Waals surface area (Å²) < 4.78 is 1.06. The smallest absolute Gasteiger partial charge is 0.263 e. The van der Waals surface area contributed by atoms with E-state index in [1.807, 2.05) is 31.2 Å². The third-order valence-corrected chi connectivity index (χ3v) is 7.76. The van der Waals surface area contributed by atoms with Crippen LogP contribution in [0, 0.1) is 12.3 Å². The molecule has 5 heterocycles. The number of nitrogens with one attached hydrogen (secondary N) is 2. The molecule has 2 N–H and O–H groups in total. The number of carbonyl (C=O) groups is 1. The largest absolute Gasteiger partial charge is 0.381 e. The second kappa shape index (κ2) is 8.48. The number of benzene rings is 1. The van der Waals surface area contributed by atoms with E-state index in [4.69, 9.17) is 16.4 Å². The Bertz CT molecular complexity index is 1510. The van der Waals surface area contributed by atoms with Crippen molar-refractivity contribution >= 4 is 49.9 Å². The Morgan fingerprint density at radius 2 is 1.91 bits per heavy atom. The molecular formula is C26H25N7OS. The van der Waals surface area contributed by atoms with Gasteiger partial charge in [0.2, 0.25) is 5.95 Å². The van der Waals surface area contributed by atoms with Crippen molar-refractivity contribution in [1.82, 2.24) is 25.2 Å². The highest BCUT2D eigenvalue weighted by atomic mass is 32.1. The predicted octanol–water partition coefficient (Wildman–Crippen LogP) is 3.18. The third kappa shape index (κ3) is 3.85. The summed E-state index contributed by atoms with van der Waals surface area (Å²) in [4.78, 5) is 32.2. The van der Waals surface area contributed by atoms with Gasteiger partial charge in [-0.25, -0.2) is 15.0 Å². The van der Waals surface area contributed by atoms with E-state index in [0.717, 1.165) is 58.5 Å². The van der Waals surface area contributed by atoms with Crippen LogP contribution in [0.1, 0.15) is 22.3 Å². The molecule has 35 heavy (non-hydrogen) atoms. The van der Waals surface area contributed by atoms with Gasteiger partial charge >= 0.3 is 0 Å². The highest BCUT2D eigenvalue weighted by molar-refractivity contribution is 7.21. The van der Waals surface area contributed by atoms with Crippen molar-refractivity contribution in [3.05, 3.63) is 40.9 Å². The number of likely N-dealkylation sites (N-methyl/N-ethyl adjacent to an activating group) is 1. The standard InChI is InChI=1S/C26H25N7OS/c1-4-16-13-20(31-26(29-16)33-11-9-32(3)10-12-33)19-6-5-17-18(30-19)7-8-21-22(17)23-24(35-21)25(34)28-15(2)14-27-23/h1,5-8,13,15,27H,9-12,14H2,2-3H3,(H,28,34)/t15-/m1/s1. The van der Waals surface area contributed by atoms with Gasteiger partial charge < -0.3 is 20.4 Å². The number of aromatic nitrogens is 3. The number of carbonyl (C=O) groups excluding carboxylic acids is 1. The highest BCUT2D eigenvalue weighted by Crippen LogP contribution is 2.41. The molecular weight excluding hydrogens is 458 g/mol. The lowest BCUT2D eigenvalue weighted by atomic mass is 10.1. The number of hydrogen-bond acceptors (Lipinski definition) is 8. The van der Waals surface area contributed by atoms with Crippen molar-refractivity contribution in [2.45, 2.75) is 13.0 Å². The van der Waals surface area contributed by atoms with Crippen molar-refractivity contribution in [3.63, 3.8) is 0 Å². The molecule has 0 aliphatic carbocycles. The van der Waals surface area contributed by atoms with Crippen LogP contribution in [0.3, 0.4) is 0 Å². The van der Waals surface area contributed by atoms with Crippen LogP contribution in [0.5, 0.6) is 0 Å². The molecule has 4 aromatic rings. The number of terminal acetylenes is 1. The molecule has 9 heteroatoms. The van der Waals surface area contributed by atoms with Gasteiger partial charge in [0.25, 0.3) is 5.91 Å². The summed E-state index contributed by atoms with van der Waals surface area (Å²) in [5, 5.41) is 8.56. The quantitative estimate of drug-likeness (QED) is 0.424. The maximum atomic E-state index is 12.7. The Hall–Kier alpha value is -3.74. The van der Waals surface area contributed by atoms with Gasteiger partial charge in [-0.05, 0) is 38.2 Å². The molecule has 1 amide bonds. The summed E-state index contributed by atoms with van der Waals surface area (Å²) >= 11 is 1.51. The summed E-state index contributed by atoms with van der Waals surface area (Å²) in [6, 6.07) is 9.96. The summed E-state index contributed by atoms with van der Waals surface area (Å²) in [5.74, 6) is 3.29. The fourth-order valence-corrected chi connectivity index (χ4v) is 5.75. The van der Waals surface area contributed by atoms with E-state index in [9.17, 15) is 4.79 Å². The first-order valence-electron chi connectivity index (χ1n) is 11.7. The fourth-order valence-electron chi connectivity index (χ4n) is 4.66. The summed E-state index contributed by atoms with van der Waals surface area (Å²) in [7, 11) is 2.12. The number of rotatable bonds is 2. The van der Waals surface area contributed by atoms with E-state index in [2.05, 4.69) is 44.5 Å². The Kier molecular flexibility index (Phi) is 5.28. The van der Waals surface area contributed by atoms with E-state index >= 15 is 0 Å². The molecule has 1 aromatic carbocycles. The van der Waals surface area contributed by atoms with Crippen LogP contribution in [0.4, 0.5) is 11.6 Å². The second-order valence-electron chi connectivity index (χ2n) is 9.14. The van der Waals surface area contributed by atoms with Crippen LogP contribution >= 0.6 is 11.3 Å². The molecule has 0 unspecified atom stereocenters. The number of anilines is 2. The first-order valence-corrected chi connectivity index (χ1v) is 12.5. The van der Waals surface area contributed by atoms with Crippen LogP contribution in [0.15, 0.2) is 30.3 Å². The van der Waals surface area contributed by atoms with Crippen LogP contribution in [0.25, 0.3) is 32.4 Å². The van der Waals surface area contributed by atoms with Gasteiger partial charge in [0.05, 0.1) is 22.6 Å². The number of hydrogen-bond donors (Lipinski definition) is 2. The molecule has 1 saturated heterocycles. The minimum absolute atomic E-state index is 0.0318. The van der Waals surface area contributed by atoms with Gasteiger partial charge in [-0.3, -0.25) is 4.79 Å². The van der Waals surface area contributed by atoms with Crippen LogP contribution in [-0.4, -0.2) is 71.6 Å². The zero-order valence-electron chi connectivity index (χ0n) is 19.6. The van der Waals surface area contributed by atoms with Gasteiger partial charge in [-0.15, -0.1) is 17.8 Å². The van der Waals surface area contributed by atoms with Crippen LogP contribution in [0.2, 0.25) is 0 Å². The average Bonchev–Trinajstić information content (AvgIpc) is 3.20. The molecule has 0 spiro atoms. The van der Waals surface area contributed by atoms with Gasteiger partial charge in [0.1, 0.15) is 10.6 Å². The third-order valence-electron chi connectivity index (χ3n) is 6.60. The molecule has 2 aliphatic heterocycles. The first-order chi connectivity index (χ1) is 17.0. The first kappa shape index (κ1) is 21.8. The predicted molar refractivity (Wildman–Crippen MR) is 141 cm³/mol. The minimum atomic E-state index is -0.0318. The maximum absolute atomic E-state index is 12.7. The molecule has 3 aromatic heterocycles. The molecule has 0 bridgehead atoms. The lowest BCUT2D eigenvalue weighted by molar-refractivity contribution is 0.0949. The molecule has 1 fully saturated rings. The number of amides is 1. The van der Waals surface area contributed by atoms with E-state index in [0.29, 0.717) is 28.8 Å². The van der Waals surface area contributed by atoms with Crippen molar-refractivity contribution in [3.8, 4) is 23.7 Å². The molecule has 1 atom stereocenters. The fraction of sp³-hybridized carbons (Fsp3) is 0.308. The monoisotopic (exact) mass is 483 g/mol. The highest BCUT2D eigenvalue weighted by Gasteiger charge is 2.25. The molecule has 6 rings (SSSR count). The van der Waals surface area contributed by atoms with Gasteiger partial charge in [0.15, 0.2) is 0 Å². The maximum Gasteiger partial charge on any atom is 0.263 e. The summed E-state index contributed by atoms with van der Waals surface area (Å²) in [5.41, 5.74) is 3.73. The zero-order valence-corrected chi connectivity index (χ0v) is 20.4. The van der Waals surface area contributed by atoms with Gasteiger partial charge in [-0.1, -0.05) is 5.92 Å². The van der Waals surface area contributed by atoms with E-state index in [1.165, 1.54) is 11.3 Å². The molecule has 0 radical (unpaired) electrons. The molecule has 176 valence electrons. The summed E-state index contributed by atoms with van der Waals surface area (Å²) in [6.07, 6.45) is 5.73. The molecule has 0 saturated carbocycles. The Labute approximate surface area is 207 Å². The van der Waals surface area contributed by atoms with E-state index in [-0.39, 0.29) is 11.9 Å². The number of piperazine rings is 1. The number of nitrogens with zero attached hydrogens (tertiary/aromatic N) is 5. The zero-order chi connectivity index (χ0) is 24.1. The Morgan fingerprint density at radius 3 is 2.71 bits per heavy atom. The number of pyridine rings is 1. The van der Waals surface area contributed by atoms with Crippen molar-refractivity contribution in [2.75, 3.05) is 50.0 Å². The Balaban J connectivity index is 1.44. The van der Waals surface area contributed by atoms with Gasteiger partial charge in [0, 0.05) is 60.3 Å². The second-order valence-corrected chi connectivity index (χ2v) is 10.2. The van der Waals surface area contributed by atoms with E-state index < -0.39 is 0 Å². The lowest BCUT2D eigenvalue weighted by Gasteiger charge is -2.32. The van der Waals surface area contributed by atoms with Crippen molar-refractivity contribution in [2.24, 2.45) is 0 Å². The Morgan fingerprint density at radius 1 is 1.09 bits per heavy atom.